The third kappa shape index (κ3) is 3.56. The van der Waals surface area contributed by atoms with Crippen LogP contribution in [0.1, 0.15) is 36.5 Å². The van der Waals surface area contributed by atoms with Gasteiger partial charge in [-0.15, -0.1) is 0 Å². The summed E-state index contributed by atoms with van der Waals surface area (Å²) in [5, 5.41) is 2.87. The topological polar surface area (TPSA) is 66.5 Å². The van der Waals surface area contributed by atoms with E-state index >= 15 is 0 Å². The van der Waals surface area contributed by atoms with E-state index in [0.29, 0.717) is 25.2 Å². The molecule has 0 spiro atoms. The molecule has 1 aliphatic rings. The quantitative estimate of drug-likeness (QED) is 0.900. The van der Waals surface area contributed by atoms with Crippen LogP contribution in [0.25, 0.3) is 0 Å². The lowest BCUT2D eigenvalue weighted by atomic mass is 10.2. The number of hydrogen-bond donors (Lipinski definition) is 1. The second-order valence-corrected chi connectivity index (χ2v) is 7.33. The first kappa shape index (κ1) is 16.3. The maximum absolute atomic E-state index is 12.6. The molecular weight excluding hydrogens is 312 g/mol. The Morgan fingerprint density at radius 3 is 2.62 bits per heavy atom. The van der Waals surface area contributed by atoms with Crippen LogP contribution in [0.3, 0.4) is 0 Å². The monoisotopic (exact) mass is 330 g/mol. The molecule has 0 aromatic heterocycles. The summed E-state index contributed by atoms with van der Waals surface area (Å²) < 4.78 is 26.5. The van der Waals surface area contributed by atoms with Crippen LogP contribution in [0.15, 0.2) is 23.1 Å². The fourth-order valence-corrected chi connectivity index (χ4v) is 4.27. The SMILES string of the molecule is CCCNC(=O)c1ccc(Cl)c(S(=O)(=O)N2CCCC2)c1. The van der Waals surface area contributed by atoms with Crippen molar-refractivity contribution < 1.29 is 13.2 Å². The molecular formula is C14H19ClN2O3S. The summed E-state index contributed by atoms with van der Waals surface area (Å²) in [7, 11) is -3.62. The van der Waals surface area contributed by atoms with Crippen molar-refractivity contribution in [1.82, 2.24) is 9.62 Å². The summed E-state index contributed by atoms with van der Waals surface area (Å²) in [5.41, 5.74) is 0.311. The maximum atomic E-state index is 12.6. The molecule has 1 aliphatic heterocycles. The van der Waals surface area contributed by atoms with E-state index in [-0.39, 0.29) is 15.8 Å². The van der Waals surface area contributed by atoms with Crippen LogP contribution >= 0.6 is 11.6 Å². The Morgan fingerprint density at radius 1 is 1.33 bits per heavy atom. The van der Waals surface area contributed by atoms with Gasteiger partial charge in [-0.3, -0.25) is 4.79 Å². The lowest BCUT2D eigenvalue weighted by Gasteiger charge is -2.17. The predicted octanol–water partition coefficient (Wildman–Crippen LogP) is 2.26. The molecule has 0 bridgehead atoms. The zero-order chi connectivity index (χ0) is 15.5. The average Bonchev–Trinajstić information content (AvgIpc) is 3.00. The first-order valence-electron chi connectivity index (χ1n) is 7.04. The third-order valence-corrected chi connectivity index (χ3v) is 5.79. The summed E-state index contributed by atoms with van der Waals surface area (Å²) in [6, 6.07) is 4.36. The van der Waals surface area contributed by atoms with Gasteiger partial charge in [0.1, 0.15) is 4.90 Å². The van der Waals surface area contributed by atoms with Crippen molar-refractivity contribution in [2.75, 3.05) is 19.6 Å². The van der Waals surface area contributed by atoms with Gasteiger partial charge in [-0.25, -0.2) is 8.42 Å². The lowest BCUT2D eigenvalue weighted by molar-refractivity contribution is 0.0953. The van der Waals surface area contributed by atoms with Crippen LogP contribution in [0, 0.1) is 0 Å². The number of hydrogen-bond acceptors (Lipinski definition) is 3. The summed E-state index contributed by atoms with van der Waals surface area (Å²) in [5.74, 6) is -0.286. The van der Waals surface area contributed by atoms with Gasteiger partial charge in [-0.1, -0.05) is 18.5 Å². The Hall–Kier alpha value is -1.11. The molecule has 1 heterocycles. The molecule has 0 radical (unpaired) electrons. The average molecular weight is 331 g/mol. The zero-order valence-electron chi connectivity index (χ0n) is 11.9. The van der Waals surface area contributed by atoms with E-state index in [4.69, 9.17) is 11.6 Å². The van der Waals surface area contributed by atoms with Gasteiger partial charge in [0.25, 0.3) is 5.91 Å². The normalized spacial score (nSPS) is 16.1. The molecule has 1 saturated heterocycles. The highest BCUT2D eigenvalue weighted by Crippen LogP contribution is 2.28. The van der Waals surface area contributed by atoms with Gasteiger partial charge in [-0.05, 0) is 37.5 Å². The highest BCUT2D eigenvalue weighted by molar-refractivity contribution is 7.89. The Balaban J connectivity index is 2.33. The van der Waals surface area contributed by atoms with E-state index in [1.807, 2.05) is 6.92 Å². The summed E-state index contributed by atoms with van der Waals surface area (Å²) >= 11 is 6.03. The number of benzene rings is 1. The highest BCUT2D eigenvalue weighted by atomic mass is 35.5. The third-order valence-electron chi connectivity index (χ3n) is 3.41. The van der Waals surface area contributed by atoms with E-state index in [2.05, 4.69) is 5.32 Å². The van der Waals surface area contributed by atoms with Crippen molar-refractivity contribution >= 4 is 27.5 Å². The molecule has 5 nitrogen and oxygen atoms in total. The van der Waals surface area contributed by atoms with Gasteiger partial charge >= 0.3 is 0 Å². The summed E-state index contributed by atoms with van der Waals surface area (Å²) in [6.07, 6.45) is 2.53. The number of sulfonamides is 1. The van der Waals surface area contributed by atoms with E-state index in [9.17, 15) is 13.2 Å². The van der Waals surface area contributed by atoms with Gasteiger partial charge in [0.2, 0.25) is 10.0 Å². The molecule has 7 heteroatoms. The number of nitrogens with one attached hydrogen (secondary N) is 1. The number of carbonyl (C=O) groups excluding carboxylic acids is 1. The number of carbonyl (C=O) groups is 1. The predicted molar refractivity (Wildman–Crippen MR) is 82.1 cm³/mol. The standard InChI is InChI=1S/C14H19ClN2O3S/c1-2-7-16-14(18)11-5-6-12(15)13(10-11)21(19,20)17-8-3-4-9-17/h5-6,10H,2-4,7-9H2,1H3,(H,16,18). The largest absolute Gasteiger partial charge is 0.352 e. The molecule has 0 aliphatic carbocycles. The Labute approximate surface area is 130 Å². The molecule has 1 N–H and O–H groups in total. The molecule has 1 fully saturated rings. The Bertz CT molecular complexity index is 625. The second kappa shape index (κ2) is 6.77. The minimum Gasteiger partial charge on any atom is -0.352 e. The van der Waals surface area contributed by atoms with Gasteiger partial charge in [0.05, 0.1) is 5.02 Å². The molecule has 0 unspecified atom stereocenters. The van der Waals surface area contributed by atoms with E-state index in [1.54, 1.807) is 0 Å². The van der Waals surface area contributed by atoms with E-state index in [1.165, 1.54) is 22.5 Å². The molecule has 1 aromatic rings. The summed E-state index contributed by atoms with van der Waals surface area (Å²) in [4.78, 5) is 12.0. The number of amides is 1. The minimum atomic E-state index is -3.62. The van der Waals surface area contributed by atoms with E-state index in [0.717, 1.165) is 19.3 Å². The van der Waals surface area contributed by atoms with Crippen molar-refractivity contribution in [2.24, 2.45) is 0 Å². The van der Waals surface area contributed by atoms with Crippen LogP contribution in [0.4, 0.5) is 0 Å². The van der Waals surface area contributed by atoms with Crippen molar-refractivity contribution in [1.29, 1.82) is 0 Å². The molecule has 1 aromatic carbocycles. The molecule has 21 heavy (non-hydrogen) atoms. The van der Waals surface area contributed by atoms with Crippen molar-refractivity contribution in [3.8, 4) is 0 Å². The molecule has 1 amide bonds. The number of rotatable bonds is 5. The Morgan fingerprint density at radius 2 is 2.00 bits per heavy atom. The minimum absolute atomic E-state index is 0.00946. The lowest BCUT2D eigenvalue weighted by Crippen LogP contribution is -2.29. The zero-order valence-corrected chi connectivity index (χ0v) is 13.5. The maximum Gasteiger partial charge on any atom is 0.251 e. The van der Waals surface area contributed by atoms with E-state index < -0.39 is 10.0 Å². The van der Waals surface area contributed by atoms with Gasteiger partial charge in [0, 0.05) is 25.2 Å². The van der Waals surface area contributed by atoms with Crippen molar-refractivity contribution in [3.63, 3.8) is 0 Å². The fourth-order valence-electron chi connectivity index (χ4n) is 2.25. The van der Waals surface area contributed by atoms with Crippen LogP contribution in [-0.4, -0.2) is 38.3 Å². The van der Waals surface area contributed by atoms with Gasteiger partial charge in [-0.2, -0.15) is 4.31 Å². The smallest absolute Gasteiger partial charge is 0.251 e. The van der Waals surface area contributed by atoms with Crippen LogP contribution in [0.2, 0.25) is 5.02 Å². The fraction of sp³-hybridized carbons (Fsp3) is 0.500. The molecule has 116 valence electrons. The first-order chi connectivity index (χ1) is 9.96. The first-order valence-corrected chi connectivity index (χ1v) is 8.86. The Kier molecular flexibility index (Phi) is 5.24. The van der Waals surface area contributed by atoms with Crippen molar-refractivity contribution in [2.45, 2.75) is 31.1 Å². The molecule has 0 saturated carbocycles. The van der Waals surface area contributed by atoms with Gasteiger partial charge in [0.15, 0.2) is 0 Å². The highest BCUT2D eigenvalue weighted by Gasteiger charge is 2.29. The van der Waals surface area contributed by atoms with Crippen LogP contribution < -0.4 is 5.32 Å². The van der Waals surface area contributed by atoms with Crippen LogP contribution in [0.5, 0.6) is 0 Å². The summed E-state index contributed by atoms with van der Waals surface area (Å²) in [6.45, 7) is 3.51. The van der Waals surface area contributed by atoms with Crippen molar-refractivity contribution in [3.05, 3.63) is 28.8 Å². The number of halogens is 1. The molecule has 2 rings (SSSR count). The molecule has 0 atom stereocenters. The number of nitrogens with zero attached hydrogens (tertiary/aromatic N) is 1. The van der Waals surface area contributed by atoms with Gasteiger partial charge < -0.3 is 5.32 Å². The van der Waals surface area contributed by atoms with Crippen LogP contribution in [-0.2, 0) is 10.0 Å². The second-order valence-electron chi connectivity index (χ2n) is 5.01.